The van der Waals surface area contributed by atoms with Crippen LogP contribution in [-0.4, -0.2) is 24.6 Å². The smallest absolute Gasteiger partial charge is 0.0945 e. The van der Waals surface area contributed by atoms with Crippen LogP contribution >= 0.6 is 23.5 Å². The van der Waals surface area contributed by atoms with Crippen molar-refractivity contribution in [1.82, 2.24) is 9.55 Å². The van der Waals surface area contributed by atoms with Gasteiger partial charge in [0.25, 0.3) is 0 Å². The van der Waals surface area contributed by atoms with E-state index < -0.39 is 0 Å². The van der Waals surface area contributed by atoms with Gasteiger partial charge in [-0.2, -0.15) is 0 Å². The minimum Gasteiger partial charge on any atom is -0.337 e. The predicted molar refractivity (Wildman–Crippen MR) is 108 cm³/mol. The molecule has 0 saturated carbocycles. The molecule has 2 nitrogen and oxygen atoms in total. The topological polar surface area (TPSA) is 17.8 Å². The third-order valence-corrected chi connectivity index (χ3v) is 8.36. The minimum absolute atomic E-state index is 0.314. The summed E-state index contributed by atoms with van der Waals surface area (Å²) < 4.78 is 2.52. The van der Waals surface area contributed by atoms with Crippen molar-refractivity contribution in [2.75, 3.05) is 5.75 Å². The Labute approximate surface area is 154 Å². The van der Waals surface area contributed by atoms with Crippen molar-refractivity contribution in [1.29, 1.82) is 0 Å². The molecule has 2 heterocycles. The van der Waals surface area contributed by atoms with Crippen molar-refractivity contribution in [3.05, 3.63) is 54.1 Å². The summed E-state index contributed by atoms with van der Waals surface area (Å²) in [6.07, 6.45) is 12.0. The molecule has 1 aliphatic rings. The normalized spacial score (nSPS) is 23.7. The van der Waals surface area contributed by atoms with Crippen molar-refractivity contribution in [2.45, 2.75) is 61.8 Å². The van der Waals surface area contributed by atoms with E-state index in [2.05, 4.69) is 77.4 Å². The highest BCUT2D eigenvalue weighted by Crippen LogP contribution is 2.52. The highest BCUT2D eigenvalue weighted by molar-refractivity contribution is 8.21. The maximum atomic E-state index is 4.17. The number of hydrogen-bond acceptors (Lipinski definition) is 3. The molecule has 2 aromatic rings. The van der Waals surface area contributed by atoms with E-state index in [0.29, 0.717) is 4.08 Å². The van der Waals surface area contributed by atoms with Crippen molar-refractivity contribution in [3.8, 4) is 0 Å². The molecule has 0 spiro atoms. The summed E-state index contributed by atoms with van der Waals surface area (Å²) in [7, 11) is 0. The van der Waals surface area contributed by atoms with Gasteiger partial charge >= 0.3 is 0 Å². The van der Waals surface area contributed by atoms with Crippen molar-refractivity contribution in [3.63, 3.8) is 0 Å². The van der Waals surface area contributed by atoms with Crippen LogP contribution in [0.4, 0.5) is 0 Å². The second-order valence-corrected chi connectivity index (χ2v) is 10.3. The Balaban J connectivity index is 1.65. The summed E-state index contributed by atoms with van der Waals surface area (Å²) in [5.74, 6) is 1.27. The molecule has 1 aliphatic heterocycles. The average Bonchev–Trinajstić information content (AvgIpc) is 3.23. The van der Waals surface area contributed by atoms with Gasteiger partial charge in [-0.25, -0.2) is 4.98 Å². The van der Waals surface area contributed by atoms with Crippen molar-refractivity contribution in [2.24, 2.45) is 0 Å². The molecule has 0 amide bonds. The van der Waals surface area contributed by atoms with Gasteiger partial charge in [0, 0.05) is 29.9 Å². The molecule has 4 heteroatoms. The standard InChI is InChI=1S/C20H28N2S2/c1-3-4-5-18-6-8-19(9-7-18)14-20(23-15-17(2)24-20)10-12-22-13-11-21-16-22/h6-9,11,13,16-17H,3-5,10,12,14-15H2,1-2H3. The van der Waals surface area contributed by atoms with Gasteiger partial charge in [-0.15, -0.1) is 23.5 Å². The number of nitrogens with zero attached hydrogens (tertiary/aromatic N) is 2. The molecule has 2 unspecified atom stereocenters. The third kappa shape index (κ3) is 4.82. The molecule has 0 bridgehead atoms. The van der Waals surface area contributed by atoms with Crippen LogP contribution in [0.3, 0.4) is 0 Å². The Kier molecular flexibility index (Phi) is 6.34. The van der Waals surface area contributed by atoms with Gasteiger partial charge in [-0.1, -0.05) is 44.5 Å². The number of rotatable bonds is 8. The average molecular weight is 361 g/mol. The minimum atomic E-state index is 0.314. The van der Waals surface area contributed by atoms with E-state index >= 15 is 0 Å². The van der Waals surface area contributed by atoms with Crippen LogP contribution in [0, 0.1) is 0 Å². The lowest BCUT2D eigenvalue weighted by Crippen LogP contribution is -2.23. The largest absolute Gasteiger partial charge is 0.337 e. The summed E-state index contributed by atoms with van der Waals surface area (Å²) in [5, 5.41) is 0.751. The molecule has 0 aliphatic carbocycles. The van der Waals surface area contributed by atoms with E-state index in [1.807, 2.05) is 12.5 Å². The first-order valence-corrected chi connectivity index (χ1v) is 10.9. The molecular formula is C20H28N2S2. The number of imidazole rings is 1. The second kappa shape index (κ2) is 8.48. The Hall–Kier alpha value is -0.870. The van der Waals surface area contributed by atoms with Gasteiger partial charge in [0.15, 0.2) is 0 Å². The first kappa shape index (κ1) is 17.9. The summed E-state index contributed by atoms with van der Waals surface area (Å²) in [5.41, 5.74) is 2.96. The van der Waals surface area contributed by atoms with Gasteiger partial charge in [-0.05, 0) is 36.8 Å². The first-order valence-electron chi connectivity index (χ1n) is 9.04. The van der Waals surface area contributed by atoms with Crippen LogP contribution in [0.25, 0.3) is 0 Å². The molecule has 3 rings (SSSR count). The summed E-state index contributed by atoms with van der Waals surface area (Å²) in [6, 6.07) is 9.38. The maximum Gasteiger partial charge on any atom is 0.0945 e. The summed E-state index contributed by atoms with van der Waals surface area (Å²) >= 11 is 4.34. The third-order valence-electron chi connectivity index (χ3n) is 4.62. The molecule has 2 atom stereocenters. The summed E-state index contributed by atoms with van der Waals surface area (Å²) in [4.78, 5) is 4.17. The molecule has 24 heavy (non-hydrogen) atoms. The molecular weight excluding hydrogens is 332 g/mol. The van der Waals surface area contributed by atoms with Crippen LogP contribution in [-0.2, 0) is 19.4 Å². The van der Waals surface area contributed by atoms with Crippen LogP contribution in [0.2, 0.25) is 0 Å². The molecule has 1 fully saturated rings. The SMILES string of the molecule is CCCCc1ccc(CC2(CCn3ccnc3)SCC(C)S2)cc1. The van der Waals surface area contributed by atoms with Gasteiger partial charge in [-0.3, -0.25) is 0 Å². The zero-order valence-electron chi connectivity index (χ0n) is 14.8. The maximum absolute atomic E-state index is 4.17. The van der Waals surface area contributed by atoms with E-state index in [9.17, 15) is 0 Å². The second-order valence-electron chi connectivity index (χ2n) is 6.80. The number of thioether (sulfide) groups is 2. The summed E-state index contributed by atoms with van der Waals surface area (Å²) in [6.45, 7) is 5.68. The van der Waals surface area contributed by atoms with Gasteiger partial charge < -0.3 is 4.57 Å². The number of hydrogen-bond donors (Lipinski definition) is 0. The Morgan fingerprint density at radius 3 is 2.67 bits per heavy atom. The highest BCUT2D eigenvalue weighted by atomic mass is 32.2. The van der Waals surface area contributed by atoms with E-state index in [1.165, 1.54) is 42.6 Å². The van der Waals surface area contributed by atoms with Gasteiger partial charge in [0.1, 0.15) is 0 Å². The van der Waals surface area contributed by atoms with Crippen LogP contribution in [0.1, 0.15) is 44.2 Å². The van der Waals surface area contributed by atoms with Crippen molar-refractivity contribution >= 4 is 23.5 Å². The lowest BCUT2D eigenvalue weighted by atomic mass is 10.0. The van der Waals surface area contributed by atoms with Crippen LogP contribution < -0.4 is 0 Å². The lowest BCUT2D eigenvalue weighted by molar-refractivity contribution is 0.597. The van der Waals surface area contributed by atoms with Crippen molar-refractivity contribution < 1.29 is 0 Å². The first-order chi connectivity index (χ1) is 11.7. The molecule has 0 N–H and O–H groups in total. The monoisotopic (exact) mass is 360 g/mol. The van der Waals surface area contributed by atoms with E-state index in [-0.39, 0.29) is 0 Å². The zero-order chi connectivity index (χ0) is 16.8. The van der Waals surface area contributed by atoms with E-state index in [0.717, 1.165) is 18.2 Å². The van der Waals surface area contributed by atoms with Crippen LogP contribution in [0.5, 0.6) is 0 Å². The number of benzene rings is 1. The molecule has 130 valence electrons. The lowest BCUT2D eigenvalue weighted by Gasteiger charge is -2.28. The zero-order valence-corrected chi connectivity index (χ0v) is 16.4. The highest BCUT2D eigenvalue weighted by Gasteiger charge is 2.38. The quantitative estimate of drug-likeness (QED) is 0.626. The number of aromatic nitrogens is 2. The fourth-order valence-corrected chi connectivity index (χ4v) is 6.93. The molecule has 1 aromatic heterocycles. The fourth-order valence-electron chi connectivity index (χ4n) is 3.25. The van der Waals surface area contributed by atoms with Gasteiger partial charge in [0.2, 0.25) is 0 Å². The molecule has 1 saturated heterocycles. The number of aryl methyl sites for hydroxylation is 2. The molecule has 1 aromatic carbocycles. The van der Waals surface area contributed by atoms with Gasteiger partial charge in [0.05, 0.1) is 10.4 Å². The predicted octanol–water partition coefficient (Wildman–Crippen LogP) is 5.42. The Morgan fingerprint density at radius 1 is 1.25 bits per heavy atom. The Bertz CT molecular complexity index is 609. The van der Waals surface area contributed by atoms with E-state index in [1.54, 1.807) is 0 Å². The number of unbranched alkanes of at least 4 members (excludes halogenated alkanes) is 1. The fraction of sp³-hybridized carbons (Fsp3) is 0.550. The van der Waals surface area contributed by atoms with Crippen LogP contribution in [0.15, 0.2) is 43.0 Å². The molecule has 0 radical (unpaired) electrons. The Morgan fingerprint density at radius 2 is 2.04 bits per heavy atom. The van der Waals surface area contributed by atoms with E-state index in [4.69, 9.17) is 0 Å².